The van der Waals surface area contributed by atoms with Gasteiger partial charge in [-0.3, -0.25) is 23.9 Å². The van der Waals surface area contributed by atoms with Crippen molar-refractivity contribution in [3.8, 4) is 0 Å². The van der Waals surface area contributed by atoms with Gasteiger partial charge in [0.05, 0.1) is 18.3 Å². The zero-order valence-corrected chi connectivity index (χ0v) is 14.1. The molecule has 9 nitrogen and oxygen atoms in total. The molecular weight excluding hydrogens is 312 g/mol. The molecule has 2 aromatic rings. The van der Waals surface area contributed by atoms with Crippen LogP contribution >= 0.6 is 0 Å². The molecule has 0 aromatic carbocycles. The standard InChI is InChI=1S/C15H22N6O3/c1-4-5-11-8-20(18-17-11)9-12-6-13(24-19(12)3)21-7-10(2)14(22)16-15(21)23/h7-8,12-13H,4-6,9H2,1-3H3,(H,16,22,23)/t12-,13+/m1/s1. The Hall–Kier alpha value is -2.26. The van der Waals surface area contributed by atoms with Crippen LogP contribution in [0.15, 0.2) is 22.0 Å². The Morgan fingerprint density at radius 1 is 1.38 bits per heavy atom. The molecule has 1 aliphatic heterocycles. The lowest BCUT2D eigenvalue weighted by atomic mass is 10.2. The highest BCUT2D eigenvalue weighted by Crippen LogP contribution is 2.27. The van der Waals surface area contributed by atoms with Gasteiger partial charge in [-0.2, -0.15) is 5.06 Å². The van der Waals surface area contributed by atoms with E-state index in [9.17, 15) is 9.59 Å². The van der Waals surface area contributed by atoms with Gasteiger partial charge in [-0.25, -0.2) is 4.79 Å². The molecule has 9 heteroatoms. The maximum atomic E-state index is 12.0. The van der Waals surface area contributed by atoms with Crippen molar-refractivity contribution in [2.75, 3.05) is 7.05 Å². The second-order valence-electron chi connectivity index (χ2n) is 6.16. The van der Waals surface area contributed by atoms with Crippen molar-refractivity contribution in [3.63, 3.8) is 0 Å². The van der Waals surface area contributed by atoms with Crippen molar-refractivity contribution < 1.29 is 4.84 Å². The van der Waals surface area contributed by atoms with Crippen LogP contribution in [0.4, 0.5) is 0 Å². The van der Waals surface area contributed by atoms with Crippen molar-refractivity contribution >= 4 is 0 Å². The van der Waals surface area contributed by atoms with Crippen molar-refractivity contribution in [2.45, 2.75) is 51.9 Å². The number of hydrogen-bond donors (Lipinski definition) is 1. The smallest absolute Gasteiger partial charge is 0.274 e. The van der Waals surface area contributed by atoms with E-state index in [0.29, 0.717) is 18.5 Å². The first-order valence-corrected chi connectivity index (χ1v) is 8.08. The van der Waals surface area contributed by atoms with Crippen LogP contribution in [0, 0.1) is 6.92 Å². The zero-order valence-electron chi connectivity index (χ0n) is 14.1. The molecule has 1 aliphatic rings. The Kier molecular flexibility index (Phi) is 4.63. The van der Waals surface area contributed by atoms with E-state index < -0.39 is 11.9 Å². The lowest BCUT2D eigenvalue weighted by Crippen LogP contribution is -2.33. The summed E-state index contributed by atoms with van der Waals surface area (Å²) in [5.41, 5.74) is 0.619. The topological polar surface area (TPSA) is 98.0 Å². The number of nitrogens with one attached hydrogen (secondary N) is 1. The van der Waals surface area contributed by atoms with E-state index in [1.54, 1.807) is 16.7 Å². The summed E-state index contributed by atoms with van der Waals surface area (Å²) in [6.45, 7) is 4.39. The second kappa shape index (κ2) is 6.70. The fraction of sp³-hybridized carbons (Fsp3) is 0.600. The van der Waals surface area contributed by atoms with E-state index in [-0.39, 0.29) is 11.6 Å². The molecule has 0 amide bonds. The lowest BCUT2D eigenvalue weighted by molar-refractivity contribution is -0.168. The van der Waals surface area contributed by atoms with Gasteiger partial charge in [0.25, 0.3) is 5.56 Å². The fourth-order valence-electron chi connectivity index (χ4n) is 2.87. The van der Waals surface area contributed by atoms with Gasteiger partial charge in [0.2, 0.25) is 0 Å². The quantitative estimate of drug-likeness (QED) is 0.840. The van der Waals surface area contributed by atoms with Crippen LogP contribution in [0.25, 0.3) is 0 Å². The number of aromatic nitrogens is 5. The Bertz CT molecular complexity index is 823. The summed E-state index contributed by atoms with van der Waals surface area (Å²) in [4.78, 5) is 31.6. The summed E-state index contributed by atoms with van der Waals surface area (Å²) in [7, 11) is 1.83. The first-order chi connectivity index (χ1) is 11.5. The molecule has 1 saturated heterocycles. The molecule has 0 radical (unpaired) electrons. The minimum absolute atomic E-state index is 0.0605. The van der Waals surface area contributed by atoms with E-state index >= 15 is 0 Å². The number of H-pyrrole nitrogens is 1. The highest BCUT2D eigenvalue weighted by Gasteiger charge is 2.33. The molecule has 1 fully saturated rings. The minimum atomic E-state index is -0.462. The van der Waals surface area contributed by atoms with Crippen LogP contribution in [0.3, 0.4) is 0 Å². The number of aromatic amines is 1. The van der Waals surface area contributed by atoms with Crippen molar-refractivity contribution in [3.05, 3.63) is 44.5 Å². The average Bonchev–Trinajstić information content (AvgIpc) is 3.11. The number of likely N-dealkylation sites (N-methyl/N-ethyl adjacent to an activating group) is 1. The molecule has 130 valence electrons. The van der Waals surface area contributed by atoms with E-state index in [0.717, 1.165) is 18.5 Å². The summed E-state index contributed by atoms with van der Waals surface area (Å²) < 4.78 is 3.23. The van der Waals surface area contributed by atoms with Crippen LogP contribution in [-0.4, -0.2) is 42.7 Å². The van der Waals surface area contributed by atoms with Gasteiger partial charge in [0.15, 0.2) is 6.23 Å². The van der Waals surface area contributed by atoms with Gasteiger partial charge in [0.1, 0.15) is 0 Å². The normalized spacial score (nSPS) is 21.5. The second-order valence-corrected chi connectivity index (χ2v) is 6.16. The van der Waals surface area contributed by atoms with Gasteiger partial charge in [-0.1, -0.05) is 18.6 Å². The summed E-state index contributed by atoms with van der Waals surface area (Å²) in [5, 5.41) is 10.0. The monoisotopic (exact) mass is 334 g/mol. The van der Waals surface area contributed by atoms with Crippen LogP contribution in [0.5, 0.6) is 0 Å². The average molecular weight is 334 g/mol. The molecule has 0 bridgehead atoms. The number of hydroxylamine groups is 2. The largest absolute Gasteiger partial charge is 0.330 e. The van der Waals surface area contributed by atoms with Gasteiger partial charge in [-0.05, 0) is 13.3 Å². The first-order valence-electron chi connectivity index (χ1n) is 8.08. The molecule has 24 heavy (non-hydrogen) atoms. The Morgan fingerprint density at radius 2 is 2.17 bits per heavy atom. The number of rotatable bonds is 5. The van der Waals surface area contributed by atoms with E-state index in [4.69, 9.17) is 4.84 Å². The molecule has 3 heterocycles. The lowest BCUT2D eigenvalue weighted by Gasteiger charge is -2.16. The molecule has 3 rings (SSSR count). The number of hydrogen-bond acceptors (Lipinski definition) is 6. The predicted molar refractivity (Wildman–Crippen MR) is 86.4 cm³/mol. The van der Waals surface area contributed by atoms with Crippen molar-refractivity contribution in [2.24, 2.45) is 0 Å². The van der Waals surface area contributed by atoms with Gasteiger partial charge in [-0.15, -0.1) is 5.10 Å². The van der Waals surface area contributed by atoms with E-state index in [1.807, 2.05) is 13.2 Å². The molecule has 2 aromatic heterocycles. The first kappa shape index (κ1) is 16.6. The highest BCUT2D eigenvalue weighted by atomic mass is 16.7. The Balaban J connectivity index is 1.73. The molecule has 0 saturated carbocycles. The predicted octanol–water partition coefficient (Wildman–Crippen LogP) is 0.224. The molecule has 0 aliphatic carbocycles. The third kappa shape index (κ3) is 3.31. The van der Waals surface area contributed by atoms with Gasteiger partial charge < -0.3 is 0 Å². The molecular formula is C15H22N6O3. The van der Waals surface area contributed by atoms with Crippen LogP contribution in [0.2, 0.25) is 0 Å². The summed E-state index contributed by atoms with van der Waals surface area (Å²) in [6, 6.07) is 0.0605. The maximum Gasteiger partial charge on any atom is 0.330 e. The molecule has 1 N–H and O–H groups in total. The fourth-order valence-corrected chi connectivity index (χ4v) is 2.87. The van der Waals surface area contributed by atoms with Gasteiger partial charge in [0, 0.05) is 31.4 Å². The highest BCUT2D eigenvalue weighted by molar-refractivity contribution is 5.01. The Labute approximate surface area is 138 Å². The van der Waals surface area contributed by atoms with Crippen LogP contribution < -0.4 is 11.2 Å². The number of aryl methyl sites for hydroxylation is 2. The van der Waals surface area contributed by atoms with E-state index in [2.05, 4.69) is 22.2 Å². The Morgan fingerprint density at radius 3 is 2.92 bits per heavy atom. The van der Waals surface area contributed by atoms with Crippen molar-refractivity contribution in [1.29, 1.82) is 0 Å². The van der Waals surface area contributed by atoms with Crippen molar-refractivity contribution in [1.82, 2.24) is 29.6 Å². The molecule has 0 unspecified atom stereocenters. The zero-order chi connectivity index (χ0) is 17.3. The SMILES string of the molecule is CCCc1cn(C[C@H]2C[C@@H](n3cc(C)c(=O)[nH]c3=O)ON2C)nn1. The summed E-state index contributed by atoms with van der Waals surface area (Å²) >= 11 is 0. The van der Waals surface area contributed by atoms with E-state index in [1.165, 1.54) is 10.8 Å². The summed E-state index contributed by atoms with van der Waals surface area (Å²) in [6.07, 6.45) is 5.59. The van der Waals surface area contributed by atoms with Crippen LogP contribution in [0.1, 0.15) is 37.3 Å². The molecule has 2 atom stereocenters. The van der Waals surface area contributed by atoms with Crippen LogP contribution in [-0.2, 0) is 17.8 Å². The third-order valence-electron chi connectivity index (χ3n) is 4.22. The minimum Gasteiger partial charge on any atom is -0.274 e. The third-order valence-corrected chi connectivity index (χ3v) is 4.22. The van der Waals surface area contributed by atoms with Gasteiger partial charge >= 0.3 is 5.69 Å². The summed E-state index contributed by atoms with van der Waals surface area (Å²) in [5.74, 6) is 0. The molecule has 0 spiro atoms. The maximum absolute atomic E-state index is 12.0. The number of nitrogens with zero attached hydrogens (tertiary/aromatic N) is 5.